The summed E-state index contributed by atoms with van der Waals surface area (Å²) in [6.45, 7) is 10.3. The Kier molecular flexibility index (Phi) is 9.59. The minimum atomic E-state index is -0.420. The molecule has 2 saturated carbocycles. The van der Waals surface area contributed by atoms with Crippen LogP contribution in [0.15, 0.2) is 11.6 Å². The normalized spacial score (nSPS) is 35.1. The van der Waals surface area contributed by atoms with Crippen molar-refractivity contribution < 1.29 is 28.5 Å². The monoisotopic (exact) mass is 468 g/mol. The second kappa shape index (κ2) is 12.0. The van der Waals surface area contributed by atoms with Crippen LogP contribution in [-0.2, 0) is 23.7 Å². The van der Waals surface area contributed by atoms with Crippen molar-refractivity contribution in [3.63, 3.8) is 0 Å². The zero-order chi connectivity index (χ0) is 23.9. The summed E-state index contributed by atoms with van der Waals surface area (Å²) in [5, 5.41) is 2.79. The van der Waals surface area contributed by atoms with Gasteiger partial charge in [0.1, 0.15) is 12.2 Å². The minimum Gasteiger partial charge on any atom is -0.443 e. The second-order valence-electron chi connectivity index (χ2n) is 10.2. The summed E-state index contributed by atoms with van der Waals surface area (Å²) < 4.78 is 28.7. The van der Waals surface area contributed by atoms with E-state index in [0.717, 1.165) is 32.3 Å². The van der Waals surface area contributed by atoms with Gasteiger partial charge in [-0.1, -0.05) is 18.6 Å². The van der Waals surface area contributed by atoms with Crippen LogP contribution in [0.2, 0.25) is 0 Å². The molecular formula is C25H44N2O6. The topological polar surface area (TPSA) is 105 Å². The van der Waals surface area contributed by atoms with E-state index in [0.29, 0.717) is 45.4 Å². The lowest BCUT2D eigenvalue weighted by Gasteiger charge is -2.58. The number of hydrogen-bond donors (Lipinski definition) is 2. The Morgan fingerprint density at radius 3 is 2.45 bits per heavy atom. The van der Waals surface area contributed by atoms with Gasteiger partial charge in [0.15, 0.2) is 0 Å². The Morgan fingerprint density at radius 2 is 1.88 bits per heavy atom. The lowest BCUT2D eigenvalue weighted by molar-refractivity contribution is -0.171. The molecule has 1 heterocycles. The summed E-state index contributed by atoms with van der Waals surface area (Å²) >= 11 is 0. The quantitative estimate of drug-likeness (QED) is 0.243. The molecule has 8 nitrogen and oxygen atoms in total. The van der Waals surface area contributed by atoms with Crippen molar-refractivity contribution in [1.82, 2.24) is 5.32 Å². The summed E-state index contributed by atoms with van der Waals surface area (Å²) in [5.74, 6) is 0.831. The number of hydrogen-bond acceptors (Lipinski definition) is 7. The van der Waals surface area contributed by atoms with Gasteiger partial charge in [-0.25, -0.2) is 4.79 Å². The van der Waals surface area contributed by atoms with Crippen LogP contribution >= 0.6 is 0 Å². The highest BCUT2D eigenvalue weighted by Crippen LogP contribution is 2.63. The molecular weight excluding hydrogens is 424 g/mol. The number of amides is 1. The molecule has 0 aromatic heterocycles. The van der Waals surface area contributed by atoms with Gasteiger partial charge in [0.05, 0.1) is 38.6 Å². The maximum absolute atomic E-state index is 12.5. The zero-order valence-electron chi connectivity index (χ0n) is 20.9. The molecule has 3 rings (SSSR count). The van der Waals surface area contributed by atoms with Crippen molar-refractivity contribution >= 4 is 6.09 Å². The van der Waals surface area contributed by atoms with Crippen LogP contribution in [0, 0.1) is 17.3 Å². The van der Waals surface area contributed by atoms with E-state index in [1.165, 1.54) is 12.0 Å². The molecule has 1 aliphatic heterocycles. The van der Waals surface area contributed by atoms with Gasteiger partial charge in [-0.05, 0) is 57.3 Å². The molecule has 1 amide bonds. The van der Waals surface area contributed by atoms with Crippen LogP contribution in [0.5, 0.6) is 0 Å². The van der Waals surface area contributed by atoms with Crippen LogP contribution < -0.4 is 11.1 Å². The number of alkyl carbamates (subject to hydrolysis) is 1. The highest BCUT2D eigenvalue weighted by Gasteiger charge is 2.67. The van der Waals surface area contributed by atoms with Gasteiger partial charge < -0.3 is 34.7 Å². The molecule has 1 saturated heterocycles. The highest BCUT2D eigenvalue weighted by atomic mass is 16.6. The fraction of sp³-hybridized carbons (Fsp3) is 0.880. The third-order valence-electron chi connectivity index (χ3n) is 7.79. The van der Waals surface area contributed by atoms with Gasteiger partial charge in [-0.15, -0.1) is 0 Å². The molecule has 2 aliphatic carbocycles. The fourth-order valence-corrected chi connectivity index (χ4v) is 5.81. The maximum atomic E-state index is 12.5. The summed E-state index contributed by atoms with van der Waals surface area (Å²) in [6.07, 6.45) is 6.63. The SMILES string of the molecule is COC1C(OC(=O)NCCOCCOCCN)CC[C@]2(CO2)C1C1(C)CC[C@@H]1CC=C(C)C. The summed E-state index contributed by atoms with van der Waals surface area (Å²) in [4.78, 5) is 12.5. The molecule has 190 valence electrons. The van der Waals surface area contributed by atoms with Gasteiger partial charge >= 0.3 is 6.09 Å². The van der Waals surface area contributed by atoms with Crippen LogP contribution in [0.25, 0.3) is 0 Å². The maximum Gasteiger partial charge on any atom is 0.407 e. The van der Waals surface area contributed by atoms with Crippen molar-refractivity contribution in [1.29, 1.82) is 0 Å². The molecule has 0 aromatic carbocycles. The largest absolute Gasteiger partial charge is 0.443 e. The average molecular weight is 469 g/mol. The number of carbonyl (C=O) groups is 1. The van der Waals surface area contributed by atoms with E-state index >= 15 is 0 Å². The smallest absolute Gasteiger partial charge is 0.407 e. The van der Waals surface area contributed by atoms with Crippen molar-refractivity contribution in [2.75, 3.05) is 53.2 Å². The van der Waals surface area contributed by atoms with Gasteiger partial charge in [-0.3, -0.25) is 0 Å². The number of carbonyl (C=O) groups excluding carboxylic acids is 1. The molecule has 8 heteroatoms. The van der Waals surface area contributed by atoms with Crippen LogP contribution in [0.4, 0.5) is 4.79 Å². The number of nitrogens with two attached hydrogens (primary N) is 1. The Labute approximate surface area is 198 Å². The fourth-order valence-electron chi connectivity index (χ4n) is 5.81. The van der Waals surface area contributed by atoms with Crippen LogP contribution in [-0.4, -0.2) is 77.1 Å². The Morgan fingerprint density at radius 1 is 1.15 bits per heavy atom. The summed E-state index contributed by atoms with van der Waals surface area (Å²) in [6, 6.07) is 0. The molecule has 3 N–H and O–H groups in total. The van der Waals surface area contributed by atoms with Gasteiger partial charge in [0.2, 0.25) is 0 Å². The summed E-state index contributed by atoms with van der Waals surface area (Å²) in [5.41, 5.74) is 6.74. The predicted molar refractivity (Wildman–Crippen MR) is 126 cm³/mol. The van der Waals surface area contributed by atoms with E-state index in [1.807, 2.05) is 0 Å². The Hall–Kier alpha value is -1.19. The van der Waals surface area contributed by atoms with Gasteiger partial charge in [0, 0.05) is 26.1 Å². The lowest BCUT2D eigenvalue weighted by Crippen LogP contribution is -2.60. The molecule has 0 radical (unpaired) electrons. The van der Waals surface area contributed by atoms with Crippen LogP contribution in [0.3, 0.4) is 0 Å². The number of nitrogens with one attached hydrogen (secondary N) is 1. The first-order valence-electron chi connectivity index (χ1n) is 12.5. The average Bonchev–Trinajstić information content (AvgIpc) is 3.55. The van der Waals surface area contributed by atoms with Crippen molar-refractivity contribution in [2.24, 2.45) is 23.0 Å². The van der Waals surface area contributed by atoms with E-state index in [1.54, 1.807) is 7.11 Å². The number of ether oxygens (including phenoxy) is 5. The molecule has 33 heavy (non-hydrogen) atoms. The molecule has 0 aromatic rings. The molecule has 3 fully saturated rings. The zero-order valence-corrected chi connectivity index (χ0v) is 20.9. The van der Waals surface area contributed by atoms with Crippen LogP contribution in [0.1, 0.15) is 52.9 Å². The third-order valence-corrected chi connectivity index (χ3v) is 7.79. The Balaban J connectivity index is 1.52. The van der Waals surface area contributed by atoms with Gasteiger partial charge in [-0.2, -0.15) is 0 Å². The molecule has 4 unspecified atom stereocenters. The first kappa shape index (κ1) is 26.4. The molecule has 0 bridgehead atoms. The number of allylic oxidation sites excluding steroid dienone is 2. The van der Waals surface area contributed by atoms with E-state index in [9.17, 15) is 4.79 Å². The van der Waals surface area contributed by atoms with E-state index in [2.05, 4.69) is 32.2 Å². The highest BCUT2D eigenvalue weighted by molar-refractivity contribution is 5.67. The number of epoxide rings is 1. The first-order valence-corrected chi connectivity index (χ1v) is 12.5. The van der Waals surface area contributed by atoms with E-state index in [-0.39, 0.29) is 29.1 Å². The van der Waals surface area contributed by atoms with E-state index in [4.69, 9.17) is 29.4 Å². The lowest BCUT2D eigenvalue weighted by atomic mass is 9.48. The number of methoxy groups -OCH3 is 1. The van der Waals surface area contributed by atoms with Crippen molar-refractivity contribution in [3.8, 4) is 0 Å². The van der Waals surface area contributed by atoms with Gasteiger partial charge in [0.25, 0.3) is 0 Å². The molecule has 1 spiro atoms. The molecule has 3 aliphatic rings. The number of rotatable bonds is 13. The van der Waals surface area contributed by atoms with E-state index < -0.39 is 6.09 Å². The third kappa shape index (κ3) is 6.48. The predicted octanol–water partition coefficient (Wildman–Crippen LogP) is 3.04. The van der Waals surface area contributed by atoms with Crippen molar-refractivity contribution in [3.05, 3.63) is 11.6 Å². The minimum absolute atomic E-state index is 0.116. The summed E-state index contributed by atoms with van der Waals surface area (Å²) in [7, 11) is 1.74. The molecule has 6 atom stereocenters. The van der Waals surface area contributed by atoms with Crippen molar-refractivity contribution in [2.45, 2.75) is 70.7 Å². The second-order valence-corrected chi connectivity index (χ2v) is 10.2. The first-order chi connectivity index (χ1) is 15.9. The Bertz CT molecular complexity index is 663. The standard InChI is InChI=1S/C25H44N2O6/c1-18(2)5-6-19-7-9-24(19,3)22-21(29-4)20(8-10-25(22)17-32-25)33-23(28)27-12-14-31-16-15-30-13-11-26/h5,19-22H,6-17,26H2,1-4H3,(H,27,28)/t19-,20?,21?,22?,24?,25-/m0/s1.